The molecule has 1 fully saturated rings. The third-order valence-corrected chi connectivity index (χ3v) is 5.69. The number of hydrogen-bond donors (Lipinski definition) is 1. The zero-order chi connectivity index (χ0) is 22.9. The maximum atomic E-state index is 13.0. The number of hydrogen-bond acceptors (Lipinski definition) is 4. The van der Waals surface area contributed by atoms with E-state index in [2.05, 4.69) is 16.8 Å². The van der Waals surface area contributed by atoms with Crippen LogP contribution in [-0.2, 0) is 6.18 Å². The van der Waals surface area contributed by atoms with Crippen molar-refractivity contribution in [2.24, 2.45) is 0 Å². The monoisotopic (exact) mass is 440 g/mol. The summed E-state index contributed by atoms with van der Waals surface area (Å²) in [5, 5.41) is 0. The molecule has 1 aliphatic heterocycles. The minimum absolute atomic E-state index is 0.0640. The van der Waals surface area contributed by atoms with E-state index < -0.39 is 11.7 Å². The van der Waals surface area contributed by atoms with Gasteiger partial charge in [0, 0.05) is 31.2 Å². The number of nitrogens with two attached hydrogens (primary N) is 1. The summed E-state index contributed by atoms with van der Waals surface area (Å²) < 4.78 is 38.3. The minimum atomic E-state index is -4.36. The molecule has 1 amide bonds. The molecule has 0 radical (unpaired) electrons. The summed E-state index contributed by atoms with van der Waals surface area (Å²) in [6.45, 7) is 3.89. The van der Waals surface area contributed by atoms with Gasteiger partial charge in [-0.05, 0) is 54.4 Å². The van der Waals surface area contributed by atoms with Crippen LogP contribution >= 0.6 is 0 Å². The number of rotatable bonds is 3. The number of aromatic nitrogens is 1. The van der Waals surface area contributed by atoms with Crippen molar-refractivity contribution in [3.05, 3.63) is 78.0 Å². The number of amides is 1. The molecular weight excluding hydrogens is 417 g/mol. The lowest BCUT2D eigenvalue weighted by Crippen LogP contribution is -2.53. The molecule has 0 bridgehead atoms. The van der Waals surface area contributed by atoms with Crippen LogP contribution in [0.2, 0.25) is 0 Å². The fourth-order valence-corrected chi connectivity index (χ4v) is 3.93. The van der Waals surface area contributed by atoms with Crippen molar-refractivity contribution in [1.29, 1.82) is 0 Å². The first-order valence-electron chi connectivity index (χ1n) is 10.3. The van der Waals surface area contributed by atoms with Gasteiger partial charge in [-0.1, -0.05) is 24.3 Å². The molecule has 3 aromatic rings. The summed E-state index contributed by atoms with van der Waals surface area (Å²) in [6, 6.07) is 15.8. The summed E-state index contributed by atoms with van der Waals surface area (Å²) in [4.78, 5) is 21.1. The van der Waals surface area contributed by atoms with Crippen molar-refractivity contribution in [1.82, 2.24) is 9.88 Å². The summed E-state index contributed by atoms with van der Waals surface area (Å²) in [7, 11) is 0. The van der Waals surface area contributed by atoms with E-state index in [0.717, 1.165) is 23.4 Å². The van der Waals surface area contributed by atoms with Crippen molar-refractivity contribution < 1.29 is 18.0 Å². The molecule has 2 aromatic carbocycles. The number of anilines is 2. The van der Waals surface area contributed by atoms with E-state index in [1.54, 1.807) is 36.5 Å². The third-order valence-electron chi connectivity index (χ3n) is 5.69. The van der Waals surface area contributed by atoms with Crippen LogP contribution in [0.3, 0.4) is 0 Å². The largest absolute Gasteiger partial charge is 0.416 e. The summed E-state index contributed by atoms with van der Waals surface area (Å²) >= 11 is 0. The predicted molar refractivity (Wildman–Crippen MR) is 118 cm³/mol. The molecule has 8 heteroatoms. The number of carbonyl (C=O) groups is 1. The normalized spacial score (nSPS) is 16.8. The topological polar surface area (TPSA) is 62.5 Å². The standard InChI is InChI=1S/C24H23F3N4O/c1-16-15-30(12-13-31(16)21-10-11-22(28)29-14-21)23(32)19-4-2-17(3-5-19)18-6-8-20(9-7-18)24(25,26)27/h2-11,14,16H,12-13,15H2,1H3,(H2,28,29)/t16-/m1/s1. The number of piperazine rings is 1. The van der Waals surface area contributed by atoms with Crippen LogP contribution in [-0.4, -0.2) is 41.5 Å². The second-order valence-corrected chi connectivity index (χ2v) is 7.89. The summed E-state index contributed by atoms with van der Waals surface area (Å²) in [5.41, 5.74) is 7.92. The summed E-state index contributed by atoms with van der Waals surface area (Å²) in [6.07, 6.45) is -2.62. The molecule has 2 heterocycles. The van der Waals surface area contributed by atoms with Crippen molar-refractivity contribution >= 4 is 17.4 Å². The van der Waals surface area contributed by atoms with E-state index in [1.165, 1.54) is 12.1 Å². The summed E-state index contributed by atoms with van der Waals surface area (Å²) in [5.74, 6) is 0.404. The lowest BCUT2D eigenvalue weighted by Gasteiger charge is -2.41. The fourth-order valence-electron chi connectivity index (χ4n) is 3.93. The lowest BCUT2D eigenvalue weighted by atomic mass is 10.0. The molecule has 5 nitrogen and oxygen atoms in total. The second kappa shape index (κ2) is 8.53. The van der Waals surface area contributed by atoms with Gasteiger partial charge in [-0.25, -0.2) is 4.98 Å². The van der Waals surface area contributed by atoms with Gasteiger partial charge in [0.05, 0.1) is 17.4 Å². The second-order valence-electron chi connectivity index (χ2n) is 7.89. The quantitative estimate of drug-likeness (QED) is 0.641. The Kier molecular flexibility index (Phi) is 5.78. The molecule has 0 aliphatic carbocycles. The Labute approximate surface area is 184 Å². The van der Waals surface area contributed by atoms with Crippen LogP contribution in [0.5, 0.6) is 0 Å². The first kappa shape index (κ1) is 21.7. The van der Waals surface area contributed by atoms with Gasteiger partial charge in [-0.3, -0.25) is 4.79 Å². The molecule has 1 saturated heterocycles. The third kappa shape index (κ3) is 4.54. The highest BCUT2D eigenvalue weighted by molar-refractivity contribution is 5.95. The highest BCUT2D eigenvalue weighted by Gasteiger charge is 2.30. The smallest absolute Gasteiger partial charge is 0.384 e. The van der Waals surface area contributed by atoms with E-state index in [-0.39, 0.29) is 11.9 Å². The van der Waals surface area contributed by atoms with Gasteiger partial charge < -0.3 is 15.5 Å². The zero-order valence-electron chi connectivity index (χ0n) is 17.5. The SMILES string of the molecule is C[C@@H]1CN(C(=O)c2ccc(-c3ccc(C(F)(F)F)cc3)cc2)CCN1c1ccc(N)nc1. The van der Waals surface area contributed by atoms with Gasteiger partial charge in [0.15, 0.2) is 0 Å². The Bertz CT molecular complexity index is 1080. The van der Waals surface area contributed by atoms with Gasteiger partial charge in [-0.15, -0.1) is 0 Å². The lowest BCUT2D eigenvalue weighted by molar-refractivity contribution is -0.137. The maximum absolute atomic E-state index is 13.0. The van der Waals surface area contributed by atoms with E-state index in [1.807, 2.05) is 11.0 Å². The molecule has 0 unspecified atom stereocenters. The Morgan fingerprint density at radius 3 is 2.12 bits per heavy atom. The van der Waals surface area contributed by atoms with Crippen LogP contribution < -0.4 is 10.6 Å². The van der Waals surface area contributed by atoms with Gasteiger partial charge >= 0.3 is 6.18 Å². The highest BCUT2D eigenvalue weighted by atomic mass is 19.4. The van der Waals surface area contributed by atoms with Crippen LogP contribution in [0, 0.1) is 0 Å². The van der Waals surface area contributed by atoms with Crippen molar-refractivity contribution in [3.8, 4) is 11.1 Å². The molecule has 1 aromatic heterocycles. The Morgan fingerprint density at radius 1 is 0.969 bits per heavy atom. The van der Waals surface area contributed by atoms with E-state index in [4.69, 9.17) is 5.73 Å². The highest BCUT2D eigenvalue weighted by Crippen LogP contribution is 2.31. The first-order valence-corrected chi connectivity index (χ1v) is 10.3. The molecule has 0 saturated carbocycles. The minimum Gasteiger partial charge on any atom is -0.384 e. The molecule has 166 valence electrons. The van der Waals surface area contributed by atoms with Crippen LogP contribution in [0.15, 0.2) is 66.9 Å². The molecular formula is C24H23F3N4O. The number of halogens is 3. The average Bonchev–Trinajstić information content (AvgIpc) is 2.79. The van der Waals surface area contributed by atoms with E-state index >= 15 is 0 Å². The maximum Gasteiger partial charge on any atom is 0.416 e. The van der Waals surface area contributed by atoms with Crippen molar-refractivity contribution in [2.75, 3.05) is 30.3 Å². The number of nitrogens with zero attached hydrogens (tertiary/aromatic N) is 3. The van der Waals surface area contributed by atoms with Gasteiger partial charge in [-0.2, -0.15) is 13.2 Å². The van der Waals surface area contributed by atoms with Crippen LogP contribution in [0.1, 0.15) is 22.8 Å². The number of nitrogen functional groups attached to an aromatic ring is 1. The van der Waals surface area contributed by atoms with E-state index in [0.29, 0.717) is 36.6 Å². The van der Waals surface area contributed by atoms with Gasteiger partial charge in [0.2, 0.25) is 0 Å². The molecule has 32 heavy (non-hydrogen) atoms. The van der Waals surface area contributed by atoms with Crippen molar-refractivity contribution in [2.45, 2.75) is 19.1 Å². The van der Waals surface area contributed by atoms with Crippen molar-refractivity contribution in [3.63, 3.8) is 0 Å². The van der Waals surface area contributed by atoms with Crippen LogP contribution in [0.4, 0.5) is 24.7 Å². The number of benzene rings is 2. The number of carbonyl (C=O) groups excluding carboxylic acids is 1. The Hall–Kier alpha value is -3.55. The fraction of sp³-hybridized carbons (Fsp3) is 0.250. The average molecular weight is 440 g/mol. The number of pyridine rings is 1. The Balaban J connectivity index is 1.42. The van der Waals surface area contributed by atoms with Gasteiger partial charge in [0.1, 0.15) is 5.82 Å². The first-order chi connectivity index (χ1) is 15.2. The molecule has 0 spiro atoms. The molecule has 1 aliphatic rings. The molecule has 1 atom stereocenters. The van der Waals surface area contributed by atoms with Crippen LogP contribution in [0.25, 0.3) is 11.1 Å². The molecule has 2 N–H and O–H groups in total. The number of alkyl halides is 3. The Morgan fingerprint density at radius 2 is 1.59 bits per heavy atom. The molecule has 4 rings (SSSR count). The van der Waals surface area contributed by atoms with Gasteiger partial charge in [0.25, 0.3) is 5.91 Å². The predicted octanol–water partition coefficient (Wildman–Crippen LogP) is 4.70. The zero-order valence-corrected chi connectivity index (χ0v) is 17.5. The van der Waals surface area contributed by atoms with E-state index in [9.17, 15) is 18.0 Å².